The number of benzene rings is 3. The summed E-state index contributed by atoms with van der Waals surface area (Å²) in [4.78, 5) is 4.26. The number of hydrogen-bond donors (Lipinski definition) is 1. The fourth-order valence-corrected chi connectivity index (χ4v) is 4.74. The average Bonchev–Trinajstić information content (AvgIpc) is 2.95. The fraction of sp³-hybridized carbons (Fsp3) is 0.323. The minimum absolute atomic E-state index is 0.147. The molecule has 1 saturated heterocycles. The Morgan fingerprint density at radius 3 is 2.56 bits per heavy atom. The molecule has 0 amide bonds. The van der Waals surface area contributed by atoms with Crippen molar-refractivity contribution in [3.63, 3.8) is 0 Å². The second-order valence-electron chi connectivity index (χ2n) is 9.27. The molecule has 2 heterocycles. The topological polar surface area (TPSA) is 52.6 Å². The van der Waals surface area contributed by atoms with E-state index >= 15 is 0 Å². The van der Waals surface area contributed by atoms with Crippen molar-refractivity contribution in [1.82, 2.24) is 10.3 Å². The van der Waals surface area contributed by atoms with Crippen LogP contribution in [0.5, 0.6) is 5.75 Å². The van der Waals surface area contributed by atoms with E-state index in [0.717, 1.165) is 37.4 Å². The lowest BCUT2D eigenvalue weighted by atomic mass is 9.87. The molecule has 0 spiro atoms. The van der Waals surface area contributed by atoms with E-state index in [-0.39, 0.29) is 6.10 Å². The second kappa shape index (κ2) is 12.6. The van der Waals surface area contributed by atoms with Gasteiger partial charge >= 0.3 is 0 Å². The van der Waals surface area contributed by atoms with Gasteiger partial charge in [-0.3, -0.25) is 4.98 Å². The summed E-state index contributed by atoms with van der Waals surface area (Å²) >= 11 is 0. The van der Waals surface area contributed by atoms with E-state index in [4.69, 9.17) is 14.2 Å². The van der Waals surface area contributed by atoms with Crippen LogP contribution in [0.15, 0.2) is 91.1 Å². The van der Waals surface area contributed by atoms with Crippen LogP contribution in [0.2, 0.25) is 0 Å². The number of rotatable bonds is 11. The Morgan fingerprint density at radius 2 is 1.69 bits per heavy atom. The predicted octanol–water partition coefficient (Wildman–Crippen LogP) is 5.88. The van der Waals surface area contributed by atoms with Crippen molar-refractivity contribution >= 4 is 10.8 Å². The number of nitrogens with zero attached hydrogens (tertiary/aromatic N) is 1. The summed E-state index contributed by atoms with van der Waals surface area (Å²) in [7, 11) is 0. The first-order valence-corrected chi connectivity index (χ1v) is 12.9. The van der Waals surface area contributed by atoms with Crippen molar-refractivity contribution in [3.8, 4) is 5.75 Å². The molecule has 0 radical (unpaired) electrons. The number of hydrogen-bond acceptors (Lipinski definition) is 5. The Bertz CT molecular complexity index is 1210. The Kier molecular flexibility index (Phi) is 8.58. The molecule has 2 atom stereocenters. The number of aromatic nitrogens is 1. The minimum Gasteiger partial charge on any atom is -0.494 e. The van der Waals surface area contributed by atoms with Gasteiger partial charge in [-0.05, 0) is 65.2 Å². The van der Waals surface area contributed by atoms with Crippen molar-refractivity contribution in [2.75, 3.05) is 26.3 Å². The largest absolute Gasteiger partial charge is 0.494 e. The van der Waals surface area contributed by atoms with Crippen LogP contribution in [0.25, 0.3) is 10.8 Å². The van der Waals surface area contributed by atoms with E-state index in [1.807, 2.05) is 18.2 Å². The molecule has 186 valence electrons. The second-order valence-corrected chi connectivity index (χ2v) is 9.27. The van der Waals surface area contributed by atoms with E-state index < -0.39 is 0 Å². The summed E-state index contributed by atoms with van der Waals surface area (Å²) in [5.41, 5.74) is 3.48. The first-order chi connectivity index (χ1) is 17.8. The standard InChI is InChI=1S/C31H34N2O3/c1-2-7-27-20-24(9-10-25(27)6-1)22-36-31-21-32-17-15-30(31)26-11-13-29(14-12-26)35-19-5-18-34-23-28-8-3-4-16-33-28/h1-4,6-14,16,20,30-32H,5,15,17-19,21-23H2/t30-,31+/m0/s1. The van der Waals surface area contributed by atoms with Crippen LogP contribution in [0.1, 0.15) is 35.6 Å². The normalized spacial score (nSPS) is 17.8. The average molecular weight is 483 g/mol. The molecule has 1 N–H and O–H groups in total. The third-order valence-corrected chi connectivity index (χ3v) is 6.69. The van der Waals surface area contributed by atoms with Gasteiger partial charge in [0.25, 0.3) is 0 Å². The SMILES string of the molecule is c1ccc(COCCCOc2ccc([C@@H]3CCNC[C@H]3OCc3ccc4ccccc4c3)cc2)nc1. The lowest BCUT2D eigenvalue weighted by Gasteiger charge is -2.32. The molecule has 5 heteroatoms. The van der Waals surface area contributed by atoms with Gasteiger partial charge in [0, 0.05) is 25.1 Å². The summed E-state index contributed by atoms with van der Waals surface area (Å²) in [6.45, 7) is 4.33. The Balaban J connectivity index is 1.09. The van der Waals surface area contributed by atoms with Gasteiger partial charge in [0.15, 0.2) is 0 Å². The molecule has 1 aliphatic heterocycles. The van der Waals surface area contributed by atoms with Gasteiger partial charge in [0.05, 0.1) is 38.2 Å². The van der Waals surface area contributed by atoms with Crippen molar-refractivity contribution in [1.29, 1.82) is 0 Å². The first-order valence-electron chi connectivity index (χ1n) is 12.9. The maximum atomic E-state index is 6.44. The van der Waals surface area contributed by atoms with E-state index in [1.54, 1.807) is 6.20 Å². The molecular formula is C31H34N2O3. The van der Waals surface area contributed by atoms with Crippen LogP contribution >= 0.6 is 0 Å². The van der Waals surface area contributed by atoms with Gasteiger partial charge in [-0.1, -0.05) is 54.6 Å². The number of piperidine rings is 1. The Morgan fingerprint density at radius 1 is 0.833 bits per heavy atom. The van der Waals surface area contributed by atoms with Crippen LogP contribution in [-0.4, -0.2) is 37.4 Å². The number of pyridine rings is 1. The maximum absolute atomic E-state index is 6.44. The van der Waals surface area contributed by atoms with Gasteiger partial charge in [-0.2, -0.15) is 0 Å². The van der Waals surface area contributed by atoms with Gasteiger partial charge in [0.1, 0.15) is 5.75 Å². The lowest BCUT2D eigenvalue weighted by molar-refractivity contribution is 0.0106. The Hall–Kier alpha value is -3.25. The third-order valence-electron chi connectivity index (χ3n) is 6.69. The zero-order valence-electron chi connectivity index (χ0n) is 20.6. The molecule has 1 aliphatic rings. The molecule has 4 aromatic rings. The highest BCUT2D eigenvalue weighted by Crippen LogP contribution is 2.30. The summed E-state index contributed by atoms with van der Waals surface area (Å²) < 4.78 is 18.0. The number of ether oxygens (including phenoxy) is 3. The van der Waals surface area contributed by atoms with Crippen LogP contribution in [0.3, 0.4) is 0 Å². The van der Waals surface area contributed by atoms with E-state index in [2.05, 4.69) is 77.0 Å². The van der Waals surface area contributed by atoms with Crippen LogP contribution in [0, 0.1) is 0 Å². The molecule has 36 heavy (non-hydrogen) atoms. The van der Waals surface area contributed by atoms with Crippen LogP contribution in [-0.2, 0) is 22.7 Å². The third kappa shape index (κ3) is 6.70. The molecule has 0 bridgehead atoms. The molecular weight excluding hydrogens is 448 g/mol. The van der Waals surface area contributed by atoms with Crippen LogP contribution < -0.4 is 10.1 Å². The highest BCUT2D eigenvalue weighted by molar-refractivity contribution is 5.82. The highest BCUT2D eigenvalue weighted by atomic mass is 16.5. The quantitative estimate of drug-likeness (QED) is 0.271. The monoisotopic (exact) mass is 482 g/mol. The van der Waals surface area contributed by atoms with Crippen molar-refractivity contribution < 1.29 is 14.2 Å². The zero-order valence-corrected chi connectivity index (χ0v) is 20.6. The van der Waals surface area contributed by atoms with E-state index in [9.17, 15) is 0 Å². The van der Waals surface area contributed by atoms with E-state index in [1.165, 1.54) is 21.9 Å². The maximum Gasteiger partial charge on any atom is 0.119 e. The van der Waals surface area contributed by atoms with Crippen LogP contribution in [0.4, 0.5) is 0 Å². The summed E-state index contributed by atoms with van der Waals surface area (Å²) in [5.74, 6) is 1.27. The van der Waals surface area contributed by atoms with Gasteiger partial charge < -0.3 is 19.5 Å². The minimum atomic E-state index is 0.147. The van der Waals surface area contributed by atoms with Crippen molar-refractivity contribution in [2.24, 2.45) is 0 Å². The molecule has 0 saturated carbocycles. The summed E-state index contributed by atoms with van der Waals surface area (Å²) in [5, 5.41) is 6.02. The smallest absolute Gasteiger partial charge is 0.119 e. The lowest BCUT2D eigenvalue weighted by Crippen LogP contribution is -2.40. The van der Waals surface area contributed by atoms with Gasteiger partial charge in [0.2, 0.25) is 0 Å². The molecule has 5 nitrogen and oxygen atoms in total. The zero-order chi connectivity index (χ0) is 24.4. The molecule has 5 rings (SSSR count). The molecule has 0 aliphatic carbocycles. The van der Waals surface area contributed by atoms with Gasteiger partial charge in [-0.15, -0.1) is 0 Å². The number of fused-ring (bicyclic) bond motifs is 1. The van der Waals surface area contributed by atoms with E-state index in [0.29, 0.717) is 32.3 Å². The van der Waals surface area contributed by atoms with Gasteiger partial charge in [-0.25, -0.2) is 0 Å². The predicted molar refractivity (Wildman–Crippen MR) is 143 cm³/mol. The fourth-order valence-electron chi connectivity index (χ4n) is 4.74. The molecule has 3 aromatic carbocycles. The molecule has 0 unspecified atom stereocenters. The molecule has 1 fully saturated rings. The highest BCUT2D eigenvalue weighted by Gasteiger charge is 2.27. The first kappa shape index (κ1) is 24.4. The molecule has 1 aromatic heterocycles. The summed E-state index contributed by atoms with van der Waals surface area (Å²) in [6.07, 6.45) is 3.84. The summed E-state index contributed by atoms with van der Waals surface area (Å²) in [6, 6.07) is 29.4. The van der Waals surface area contributed by atoms with Crippen molar-refractivity contribution in [3.05, 3.63) is 108 Å². The Labute approximate surface area is 213 Å². The number of nitrogens with one attached hydrogen (secondary N) is 1. The van der Waals surface area contributed by atoms with Crippen molar-refractivity contribution in [2.45, 2.75) is 38.1 Å².